The Morgan fingerprint density at radius 3 is 2.42 bits per heavy atom. The predicted molar refractivity (Wildman–Crippen MR) is 120 cm³/mol. The molecule has 0 bridgehead atoms. The van der Waals surface area contributed by atoms with Crippen molar-refractivity contribution in [3.05, 3.63) is 96.4 Å². The van der Waals surface area contributed by atoms with Gasteiger partial charge in [-0.2, -0.15) is 0 Å². The van der Waals surface area contributed by atoms with E-state index in [9.17, 15) is 13.2 Å². The van der Waals surface area contributed by atoms with Crippen molar-refractivity contribution in [1.29, 1.82) is 0 Å². The Morgan fingerprint density at radius 2 is 1.71 bits per heavy atom. The zero-order chi connectivity index (χ0) is 21.8. The molecular weight excluding hydrogens is 412 g/mol. The highest BCUT2D eigenvalue weighted by Crippen LogP contribution is 2.21. The van der Waals surface area contributed by atoms with Crippen molar-refractivity contribution in [2.75, 3.05) is 17.9 Å². The fourth-order valence-electron chi connectivity index (χ4n) is 3.23. The summed E-state index contributed by atoms with van der Waals surface area (Å²) in [6.45, 7) is 0.430. The van der Waals surface area contributed by atoms with Gasteiger partial charge in [0.25, 0.3) is 15.9 Å². The van der Waals surface area contributed by atoms with Crippen LogP contribution in [-0.2, 0) is 16.4 Å². The van der Waals surface area contributed by atoms with Crippen LogP contribution < -0.4 is 9.62 Å². The van der Waals surface area contributed by atoms with Gasteiger partial charge in [0, 0.05) is 38.0 Å². The van der Waals surface area contributed by atoms with Crippen LogP contribution in [0.3, 0.4) is 0 Å². The SMILES string of the molecule is CN(c1ccccc1)S(=O)(=O)c1ccc(C(=O)NCCc2cn3ccccc3n2)cc1. The average Bonchev–Trinajstić information content (AvgIpc) is 3.22. The van der Waals surface area contributed by atoms with Crippen molar-refractivity contribution in [3.8, 4) is 0 Å². The molecule has 1 amide bonds. The van der Waals surface area contributed by atoms with Gasteiger partial charge in [0.05, 0.1) is 16.3 Å². The predicted octanol–water partition coefficient (Wildman–Crippen LogP) is 3.13. The number of hydrogen-bond donors (Lipinski definition) is 1. The van der Waals surface area contributed by atoms with Gasteiger partial charge in [0.1, 0.15) is 5.65 Å². The number of fused-ring (bicyclic) bond motifs is 1. The Hall–Kier alpha value is -3.65. The molecule has 31 heavy (non-hydrogen) atoms. The van der Waals surface area contributed by atoms with Crippen molar-refractivity contribution in [2.24, 2.45) is 0 Å². The van der Waals surface area contributed by atoms with Crippen LogP contribution in [0.15, 0.2) is 90.1 Å². The summed E-state index contributed by atoms with van der Waals surface area (Å²) in [6.07, 6.45) is 4.46. The molecule has 0 atom stereocenters. The van der Waals surface area contributed by atoms with Gasteiger partial charge < -0.3 is 9.72 Å². The molecule has 8 heteroatoms. The highest BCUT2D eigenvalue weighted by atomic mass is 32.2. The van der Waals surface area contributed by atoms with Crippen molar-refractivity contribution < 1.29 is 13.2 Å². The van der Waals surface area contributed by atoms with Gasteiger partial charge in [-0.3, -0.25) is 9.10 Å². The number of carbonyl (C=O) groups excluding carboxylic acids is 1. The number of hydrogen-bond acceptors (Lipinski definition) is 4. The molecule has 4 aromatic rings. The molecule has 0 radical (unpaired) electrons. The van der Waals surface area contributed by atoms with Crippen LogP contribution in [-0.4, -0.2) is 37.3 Å². The topological polar surface area (TPSA) is 83.8 Å². The first-order valence-electron chi connectivity index (χ1n) is 9.80. The molecule has 7 nitrogen and oxygen atoms in total. The fraction of sp³-hybridized carbons (Fsp3) is 0.130. The Balaban J connectivity index is 1.38. The number of carbonyl (C=O) groups is 1. The van der Waals surface area contributed by atoms with Crippen LogP contribution in [0, 0.1) is 0 Å². The summed E-state index contributed by atoms with van der Waals surface area (Å²) in [5, 5.41) is 2.85. The van der Waals surface area contributed by atoms with Crippen LogP contribution in [0.4, 0.5) is 5.69 Å². The van der Waals surface area contributed by atoms with Crippen molar-refractivity contribution in [2.45, 2.75) is 11.3 Å². The van der Waals surface area contributed by atoms with E-state index >= 15 is 0 Å². The van der Waals surface area contributed by atoms with Crippen molar-refractivity contribution >= 4 is 27.3 Å². The second-order valence-corrected chi connectivity index (χ2v) is 9.01. The number of amides is 1. The maximum Gasteiger partial charge on any atom is 0.264 e. The lowest BCUT2D eigenvalue weighted by Crippen LogP contribution is -2.27. The summed E-state index contributed by atoms with van der Waals surface area (Å²) in [6, 6.07) is 20.6. The Labute approximate surface area is 181 Å². The third kappa shape index (κ3) is 4.44. The number of nitrogens with one attached hydrogen (secondary N) is 1. The van der Waals surface area contributed by atoms with Gasteiger partial charge in [-0.15, -0.1) is 0 Å². The van der Waals surface area contributed by atoms with Crippen LogP contribution in [0.5, 0.6) is 0 Å². The number of aromatic nitrogens is 2. The van der Waals surface area contributed by atoms with E-state index in [1.54, 1.807) is 24.3 Å². The van der Waals surface area contributed by atoms with E-state index in [0.717, 1.165) is 11.3 Å². The summed E-state index contributed by atoms with van der Waals surface area (Å²) >= 11 is 0. The summed E-state index contributed by atoms with van der Waals surface area (Å²) in [5.41, 5.74) is 2.71. The number of nitrogens with zero attached hydrogens (tertiary/aromatic N) is 3. The van der Waals surface area contributed by atoms with Crippen LogP contribution in [0.25, 0.3) is 5.65 Å². The fourth-order valence-corrected chi connectivity index (χ4v) is 4.42. The maximum atomic E-state index is 12.8. The summed E-state index contributed by atoms with van der Waals surface area (Å²) in [5.74, 6) is -0.260. The Bertz CT molecular complexity index is 1270. The minimum absolute atomic E-state index is 0.125. The molecule has 0 aliphatic heterocycles. The number of para-hydroxylation sites is 1. The van der Waals surface area contributed by atoms with E-state index in [4.69, 9.17) is 0 Å². The molecule has 1 N–H and O–H groups in total. The molecule has 4 rings (SSSR count). The molecule has 0 aliphatic rings. The van der Waals surface area contributed by atoms with E-state index in [1.807, 2.05) is 41.1 Å². The summed E-state index contributed by atoms with van der Waals surface area (Å²) in [7, 11) is -2.20. The smallest absolute Gasteiger partial charge is 0.264 e. The molecule has 158 valence electrons. The van der Waals surface area contributed by atoms with E-state index in [2.05, 4.69) is 10.3 Å². The Morgan fingerprint density at radius 1 is 1.00 bits per heavy atom. The second kappa shape index (κ2) is 8.61. The first kappa shape index (κ1) is 20.6. The number of anilines is 1. The molecule has 2 heterocycles. The monoisotopic (exact) mass is 434 g/mol. The Kier molecular flexibility index (Phi) is 5.73. The largest absolute Gasteiger partial charge is 0.352 e. The van der Waals surface area contributed by atoms with E-state index in [1.165, 1.54) is 35.6 Å². The molecular formula is C23H22N4O3S. The lowest BCUT2D eigenvalue weighted by atomic mass is 10.2. The first-order valence-corrected chi connectivity index (χ1v) is 11.2. The standard InChI is InChI=1S/C23H22N4O3S/c1-26(20-7-3-2-4-8-20)31(29,30)21-12-10-18(11-13-21)23(28)24-15-14-19-17-27-16-6-5-9-22(27)25-19/h2-13,16-17H,14-15H2,1H3,(H,24,28). The lowest BCUT2D eigenvalue weighted by Gasteiger charge is -2.19. The number of sulfonamides is 1. The second-order valence-electron chi connectivity index (χ2n) is 7.04. The summed E-state index contributed by atoms with van der Waals surface area (Å²) in [4.78, 5) is 17.1. The molecule has 0 saturated heterocycles. The van der Waals surface area contributed by atoms with Crippen LogP contribution in [0.2, 0.25) is 0 Å². The highest BCUT2D eigenvalue weighted by Gasteiger charge is 2.21. The van der Waals surface area contributed by atoms with E-state index < -0.39 is 10.0 Å². The van der Waals surface area contributed by atoms with Crippen LogP contribution >= 0.6 is 0 Å². The number of pyridine rings is 1. The molecule has 2 aromatic carbocycles. The molecule has 0 saturated carbocycles. The van der Waals surface area contributed by atoms with E-state index in [-0.39, 0.29) is 10.8 Å². The lowest BCUT2D eigenvalue weighted by molar-refractivity contribution is 0.0954. The number of benzene rings is 2. The van der Waals surface area contributed by atoms with Gasteiger partial charge >= 0.3 is 0 Å². The van der Waals surface area contributed by atoms with Crippen LogP contribution in [0.1, 0.15) is 16.1 Å². The molecule has 0 spiro atoms. The minimum Gasteiger partial charge on any atom is -0.352 e. The summed E-state index contributed by atoms with van der Waals surface area (Å²) < 4.78 is 28.8. The van der Waals surface area contributed by atoms with Crippen molar-refractivity contribution in [3.63, 3.8) is 0 Å². The average molecular weight is 435 g/mol. The maximum absolute atomic E-state index is 12.8. The zero-order valence-electron chi connectivity index (χ0n) is 17.0. The molecule has 0 unspecified atom stereocenters. The van der Waals surface area contributed by atoms with Crippen molar-refractivity contribution in [1.82, 2.24) is 14.7 Å². The normalized spacial score (nSPS) is 11.4. The number of imidazole rings is 1. The minimum atomic E-state index is -3.71. The van der Waals surface area contributed by atoms with Gasteiger partial charge in [-0.05, 0) is 48.5 Å². The first-order chi connectivity index (χ1) is 14.9. The van der Waals surface area contributed by atoms with Gasteiger partial charge in [-0.1, -0.05) is 24.3 Å². The van der Waals surface area contributed by atoms with Gasteiger partial charge in [0.15, 0.2) is 0 Å². The highest BCUT2D eigenvalue weighted by molar-refractivity contribution is 7.92. The third-order valence-corrected chi connectivity index (χ3v) is 6.78. The van der Waals surface area contributed by atoms with Gasteiger partial charge in [-0.25, -0.2) is 13.4 Å². The third-order valence-electron chi connectivity index (χ3n) is 4.98. The van der Waals surface area contributed by atoms with Gasteiger partial charge in [0.2, 0.25) is 0 Å². The number of rotatable bonds is 7. The zero-order valence-corrected chi connectivity index (χ0v) is 17.8. The molecule has 2 aromatic heterocycles. The molecule has 0 fully saturated rings. The molecule has 0 aliphatic carbocycles. The quantitative estimate of drug-likeness (QED) is 0.484. The van der Waals surface area contributed by atoms with E-state index in [0.29, 0.717) is 24.2 Å².